The summed E-state index contributed by atoms with van der Waals surface area (Å²) in [4.78, 5) is 0. The van der Waals surface area contributed by atoms with Gasteiger partial charge in [-0.05, 0) is 6.42 Å². The van der Waals surface area contributed by atoms with Gasteiger partial charge in [0.05, 0.1) is 6.20 Å². The van der Waals surface area contributed by atoms with Crippen LogP contribution in [0.15, 0.2) is 12.4 Å². The molecule has 0 radical (unpaired) electrons. The molecule has 0 fully saturated rings. The van der Waals surface area contributed by atoms with Crippen molar-refractivity contribution in [2.45, 2.75) is 25.8 Å². The molecule has 0 spiro atoms. The topological polar surface area (TPSA) is 43.8 Å². The van der Waals surface area contributed by atoms with Gasteiger partial charge >= 0.3 is 0 Å². The van der Waals surface area contributed by atoms with Crippen LogP contribution in [0.3, 0.4) is 0 Å². The molecule has 3 heteroatoms. The lowest BCUT2D eigenvalue weighted by molar-refractivity contribution is 0.637. The van der Waals surface area contributed by atoms with Crippen LogP contribution < -0.4 is 5.73 Å². The van der Waals surface area contributed by atoms with E-state index in [1.54, 1.807) is 4.68 Å². The third kappa shape index (κ3) is 2.05. The van der Waals surface area contributed by atoms with Gasteiger partial charge in [0.25, 0.3) is 0 Å². The van der Waals surface area contributed by atoms with Gasteiger partial charge in [0.15, 0.2) is 0 Å². The van der Waals surface area contributed by atoms with Gasteiger partial charge in [-0.15, -0.1) is 0 Å². The Morgan fingerprint density at radius 2 is 2.45 bits per heavy atom. The highest BCUT2D eigenvalue weighted by molar-refractivity contribution is 5.08. The quantitative estimate of drug-likeness (QED) is 0.709. The Balaban J connectivity index is 2.60. The summed E-state index contributed by atoms with van der Waals surface area (Å²) in [5.74, 6) is 0. The molecule has 1 aromatic heterocycles. The normalized spacial score (nSPS) is 13.4. The second-order valence-corrected chi connectivity index (χ2v) is 2.84. The van der Waals surface area contributed by atoms with E-state index in [4.69, 9.17) is 5.73 Å². The zero-order valence-corrected chi connectivity index (χ0v) is 7.12. The molecular formula is C8H15N3. The molecule has 0 aliphatic carbocycles. The van der Waals surface area contributed by atoms with E-state index in [-0.39, 0.29) is 6.04 Å². The highest BCUT2D eigenvalue weighted by Gasteiger charge is 2.05. The predicted molar refractivity (Wildman–Crippen MR) is 45.0 cm³/mol. The maximum absolute atomic E-state index is 5.87. The molecule has 0 saturated carbocycles. The molecular weight excluding hydrogens is 138 g/mol. The fourth-order valence-corrected chi connectivity index (χ4v) is 1.11. The van der Waals surface area contributed by atoms with Crippen LogP contribution in [-0.4, -0.2) is 9.78 Å². The minimum absolute atomic E-state index is 0.161. The maximum Gasteiger partial charge on any atom is 0.0537 e. The molecule has 0 bridgehead atoms. The monoisotopic (exact) mass is 153 g/mol. The molecule has 1 atom stereocenters. The summed E-state index contributed by atoms with van der Waals surface area (Å²) in [6.07, 6.45) is 5.96. The van der Waals surface area contributed by atoms with Crippen molar-refractivity contribution in [2.24, 2.45) is 12.8 Å². The molecule has 1 heterocycles. The zero-order valence-electron chi connectivity index (χ0n) is 7.12. The van der Waals surface area contributed by atoms with E-state index >= 15 is 0 Å². The average molecular weight is 153 g/mol. The van der Waals surface area contributed by atoms with Crippen molar-refractivity contribution in [1.29, 1.82) is 0 Å². The zero-order chi connectivity index (χ0) is 8.27. The molecule has 1 aromatic rings. The summed E-state index contributed by atoms with van der Waals surface area (Å²) < 4.78 is 1.78. The lowest BCUT2D eigenvalue weighted by Gasteiger charge is -2.05. The number of hydrogen-bond donors (Lipinski definition) is 1. The SMILES string of the molecule is CCCC(N)c1cnn(C)c1. The Hall–Kier alpha value is -0.830. The summed E-state index contributed by atoms with van der Waals surface area (Å²) in [6, 6.07) is 0.161. The van der Waals surface area contributed by atoms with Gasteiger partial charge in [-0.2, -0.15) is 5.10 Å². The number of rotatable bonds is 3. The first-order valence-corrected chi connectivity index (χ1v) is 3.98. The largest absolute Gasteiger partial charge is 0.324 e. The van der Waals surface area contributed by atoms with Crippen LogP contribution >= 0.6 is 0 Å². The highest BCUT2D eigenvalue weighted by atomic mass is 15.2. The van der Waals surface area contributed by atoms with Gasteiger partial charge < -0.3 is 5.73 Å². The van der Waals surface area contributed by atoms with E-state index in [9.17, 15) is 0 Å². The van der Waals surface area contributed by atoms with Crippen molar-refractivity contribution in [3.63, 3.8) is 0 Å². The second-order valence-electron chi connectivity index (χ2n) is 2.84. The van der Waals surface area contributed by atoms with Crippen LogP contribution in [0.1, 0.15) is 31.4 Å². The Labute approximate surface area is 67.2 Å². The van der Waals surface area contributed by atoms with Crippen LogP contribution in [0.2, 0.25) is 0 Å². The van der Waals surface area contributed by atoms with Crippen molar-refractivity contribution >= 4 is 0 Å². The van der Waals surface area contributed by atoms with E-state index in [0.29, 0.717) is 0 Å². The highest BCUT2D eigenvalue weighted by Crippen LogP contribution is 2.13. The number of aromatic nitrogens is 2. The Morgan fingerprint density at radius 3 is 2.91 bits per heavy atom. The van der Waals surface area contributed by atoms with Gasteiger partial charge in [0, 0.05) is 24.8 Å². The minimum Gasteiger partial charge on any atom is -0.324 e. The van der Waals surface area contributed by atoms with E-state index in [2.05, 4.69) is 12.0 Å². The molecule has 0 aliphatic rings. The van der Waals surface area contributed by atoms with Crippen LogP contribution in [0.25, 0.3) is 0 Å². The molecule has 62 valence electrons. The molecule has 1 rings (SSSR count). The van der Waals surface area contributed by atoms with Crippen LogP contribution in [-0.2, 0) is 7.05 Å². The van der Waals surface area contributed by atoms with Crippen LogP contribution in [0.4, 0.5) is 0 Å². The van der Waals surface area contributed by atoms with E-state index in [1.807, 2.05) is 19.4 Å². The Kier molecular flexibility index (Phi) is 2.65. The van der Waals surface area contributed by atoms with Crippen molar-refractivity contribution in [3.05, 3.63) is 18.0 Å². The van der Waals surface area contributed by atoms with E-state index < -0.39 is 0 Å². The van der Waals surface area contributed by atoms with E-state index in [1.165, 1.54) is 0 Å². The van der Waals surface area contributed by atoms with Crippen molar-refractivity contribution < 1.29 is 0 Å². The molecule has 3 nitrogen and oxygen atoms in total. The first-order valence-electron chi connectivity index (χ1n) is 3.98. The van der Waals surface area contributed by atoms with Gasteiger partial charge in [-0.25, -0.2) is 0 Å². The average Bonchev–Trinajstić information content (AvgIpc) is 2.36. The second kappa shape index (κ2) is 3.53. The molecule has 0 saturated heterocycles. The number of nitrogens with two attached hydrogens (primary N) is 1. The molecule has 1 unspecified atom stereocenters. The minimum atomic E-state index is 0.161. The summed E-state index contributed by atoms with van der Waals surface area (Å²) in [6.45, 7) is 2.14. The van der Waals surface area contributed by atoms with Crippen molar-refractivity contribution in [1.82, 2.24) is 9.78 Å². The number of aryl methyl sites for hydroxylation is 1. The first-order chi connectivity index (χ1) is 5.24. The molecule has 0 aromatic carbocycles. The van der Waals surface area contributed by atoms with Gasteiger partial charge in [-0.1, -0.05) is 13.3 Å². The summed E-state index contributed by atoms with van der Waals surface area (Å²) in [7, 11) is 1.90. The fourth-order valence-electron chi connectivity index (χ4n) is 1.11. The predicted octanol–water partition coefficient (Wildman–Crippen LogP) is 1.22. The molecule has 0 aliphatic heterocycles. The number of hydrogen-bond acceptors (Lipinski definition) is 2. The van der Waals surface area contributed by atoms with Crippen LogP contribution in [0, 0.1) is 0 Å². The molecule has 2 N–H and O–H groups in total. The fraction of sp³-hybridized carbons (Fsp3) is 0.625. The summed E-state index contributed by atoms with van der Waals surface area (Å²) in [5, 5.41) is 4.06. The lowest BCUT2D eigenvalue weighted by atomic mass is 10.1. The summed E-state index contributed by atoms with van der Waals surface area (Å²) in [5.41, 5.74) is 7.00. The standard InChI is InChI=1S/C8H15N3/c1-3-4-8(9)7-5-10-11(2)6-7/h5-6,8H,3-4,9H2,1-2H3. The van der Waals surface area contributed by atoms with Crippen molar-refractivity contribution in [2.75, 3.05) is 0 Å². The first kappa shape index (κ1) is 8.27. The van der Waals surface area contributed by atoms with E-state index in [0.717, 1.165) is 18.4 Å². The smallest absolute Gasteiger partial charge is 0.0537 e. The Morgan fingerprint density at radius 1 is 1.73 bits per heavy atom. The third-order valence-corrected chi connectivity index (χ3v) is 1.75. The maximum atomic E-state index is 5.87. The molecule has 11 heavy (non-hydrogen) atoms. The third-order valence-electron chi connectivity index (χ3n) is 1.75. The molecule has 0 amide bonds. The van der Waals surface area contributed by atoms with Crippen molar-refractivity contribution in [3.8, 4) is 0 Å². The Bertz CT molecular complexity index is 217. The lowest BCUT2D eigenvalue weighted by Crippen LogP contribution is -2.08. The van der Waals surface area contributed by atoms with Gasteiger partial charge in [0.2, 0.25) is 0 Å². The number of nitrogens with zero attached hydrogens (tertiary/aromatic N) is 2. The summed E-state index contributed by atoms with van der Waals surface area (Å²) >= 11 is 0. The van der Waals surface area contributed by atoms with Crippen LogP contribution in [0.5, 0.6) is 0 Å². The van der Waals surface area contributed by atoms with Gasteiger partial charge in [0.1, 0.15) is 0 Å². The van der Waals surface area contributed by atoms with Gasteiger partial charge in [-0.3, -0.25) is 4.68 Å².